The molecule has 1 atom stereocenters. The Labute approximate surface area is 152 Å². The fourth-order valence-electron chi connectivity index (χ4n) is 2.86. The zero-order valence-electron chi connectivity index (χ0n) is 13.3. The van der Waals surface area contributed by atoms with Crippen molar-refractivity contribution < 1.29 is 0 Å². The van der Waals surface area contributed by atoms with Crippen LogP contribution < -0.4 is 11.1 Å². The number of rotatable bonds is 6. The average molecular weight is 359 g/mol. The van der Waals surface area contributed by atoms with Gasteiger partial charge >= 0.3 is 0 Å². The van der Waals surface area contributed by atoms with Gasteiger partial charge in [-0.1, -0.05) is 65.7 Å². The second kappa shape index (κ2) is 8.00. The number of hydrogen-bond donors (Lipinski definition) is 2. The van der Waals surface area contributed by atoms with Gasteiger partial charge in [0.1, 0.15) is 0 Å². The highest BCUT2D eigenvalue weighted by Gasteiger charge is 2.08. The van der Waals surface area contributed by atoms with Crippen LogP contribution in [0.5, 0.6) is 0 Å². The molecule has 0 fully saturated rings. The van der Waals surface area contributed by atoms with Crippen molar-refractivity contribution in [3.05, 3.63) is 81.8 Å². The summed E-state index contributed by atoms with van der Waals surface area (Å²) in [6.07, 6.45) is 0.885. The van der Waals surface area contributed by atoms with E-state index >= 15 is 0 Å². The third-order valence-corrected chi connectivity index (χ3v) is 4.53. The molecular formula is C20H20Cl2N2. The van der Waals surface area contributed by atoms with Crippen molar-refractivity contribution in [1.82, 2.24) is 5.32 Å². The molecule has 4 heteroatoms. The Hall–Kier alpha value is -1.58. The van der Waals surface area contributed by atoms with Crippen LogP contribution in [0.25, 0.3) is 10.8 Å². The molecule has 3 aromatic rings. The van der Waals surface area contributed by atoms with Crippen LogP contribution in [0.1, 0.15) is 11.1 Å². The second-order valence-corrected chi connectivity index (χ2v) is 6.85. The van der Waals surface area contributed by atoms with E-state index in [-0.39, 0.29) is 6.04 Å². The molecule has 0 spiro atoms. The molecule has 0 aromatic heterocycles. The molecule has 0 amide bonds. The van der Waals surface area contributed by atoms with E-state index in [1.54, 1.807) is 6.07 Å². The van der Waals surface area contributed by atoms with Gasteiger partial charge in [-0.15, -0.1) is 0 Å². The molecule has 0 saturated heterocycles. The summed E-state index contributed by atoms with van der Waals surface area (Å²) in [5.41, 5.74) is 8.28. The standard InChI is InChI=1S/C20H20Cl2N2/c21-18-8-15(9-19(22)11-18)13-24-20(12-23)10-14-5-6-16-3-1-2-4-17(16)7-14/h1-9,11,20,24H,10,12-13,23H2. The van der Waals surface area contributed by atoms with Crippen molar-refractivity contribution in [1.29, 1.82) is 0 Å². The molecule has 0 radical (unpaired) electrons. The number of nitrogens with two attached hydrogens (primary N) is 1. The van der Waals surface area contributed by atoms with Gasteiger partial charge in [-0.3, -0.25) is 0 Å². The lowest BCUT2D eigenvalue weighted by molar-refractivity contribution is 0.516. The molecule has 124 valence electrons. The Bertz CT molecular complexity index is 812. The fraction of sp³-hybridized carbons (Fsp3) is 0.200. The molecule has 24 heavy (non-hydrogen) atoms. The molecule has 0 bridgehead atoms. The molecule has 0 aliphatic rings. The monoisotopic (exact) mass is 358 g/mol. The maximum absolute atomic E-state index is 6.05. The number of hydrogen-bond acceptors (Lipinski definition) is 2. The van der Waals surface area contributed by atoms with Crippen molar-refractivity contribution in [2.75, 3.05) is 6.54 Å². The van der Waals surface area contributed by atoms with E-state index in [9.17, 15) is 0 Å². The minimum atomic E-state index is 0.198. The molecule has 0 aliphatic carbocycles. The number of benzene rings is 3. The van der Waals surface area contributed by atoms with E-state index in [0.29, 0.717) is 23.1 Å². The summed E-state index contributed by atoms with van der Waals surface area (Å²) >= 11 is 12.1. The normalized spacial score (nSPS) is 12.5. The predicted molar refractivity (Wildman–Crippen MR) is 104 cm³/mol. The second-order valence-electron chi connectivity index (χ2n) is 5.98. The Balaban J connectivity index is 1.67. The first-order chi connectivity index (χ1) is 11.6. The summed E-state index contributed by atoms with van der Waals surface area (Å²) < 4.78 is 0. The van der Waals surface area contributed by atoms with Crippen LogP contribution >= 0.6 is 23.2 Å². The van der Waals surface area contributed by atoms with Gasteiger partial charge in [0.25, 0.3) is 0 Å². The first-order valence-electron chi connectivity index (χ1n) is 8.00. The number of fused-ring (bicyclic) bond motifs is 1. The SMILES string of the molecule is NCC(Cc1ccc2ccccc2c1)NCc1cc(Cl)cc(Cl)c1. The Morgan fingerprint density at radius 3 is 2.25 bits per heavy atom. The summed E-state index contributed by atoms with van der Waals surface area (Å²) in [4.78, 5) is 0. The topological polar surface area (TPSA) is 38.0 Å². The Morgan fingerprint density at radius 2 is 1.54 bits per heavy atom. The van der Waals surface area contributed by atoms with Gasteiger partial charge in [-0.2, -0.15) is 0 Å². The maximum Gasteiger partial charge on any atom is 0.0424 e. The predicted octanol–water partition coefficient (Wildman–Crippen LogP) is 4.81. The van der Waals surface area contributed by atoms with Crippen LogP contribution in [0.3, 0.4) is 0 Å². The third kappa shape index (κ3) is 4.49. The fourth-order valence-corrected chi connectivity index (χ4v) is 3.44. The molecule has 3 aromatic carbocycles. The van der Waals surface area contributed by atoms with Crippen molar-refractivity contribution in [3.8, 4) is 0 Å². The van der Waals surface area contributed by atoms with E-state index in [1.807, 2.05) is 12.1 Å². The van der Waals surface area contributed by atoms with Crippen LogP contribution in [-0.2, 0) is 13.0 Å². The lowest BCUT2D eigenvalue weighted by Crippen LogP contribution is -2.37. The molecule has 1 unspecified atom stereocenters. The van der Waals surface area contributed by atoms with Crippen LogP contribution in [0.4, 0.5) is 0 Å². The van der Waals surface area contributed by atoms with Crippen LogP contribution in [0.2, 0.25) is 10.0 Å². The highest BCUT2D eigenvalue weighted by Crippen LogP contribution is 2.19. The smallest absolute Gasteiger partial charge is 0.0424 e. The van der Waals surface area contributed by atoms with Crippen molar-refractivity contribution in [2.24, 2.45) is 5.73 Å². The highest BCUT2D eigenvalue weighted by molar-refractivity contribution is 6.34. The minimum absolute atomic E-state index is 0.198. The largest absolute Gasteiger partial charge is 0.329 e. The molecule has 3 N–H and O–H groups in total. The van der Waals surface area contributed by atoms with Gasteiger partial charge in [0.15, 0.2) is 0 Å². The maximum atomic E-state index is 6.05. The van der Waals surface area contributed by atoms with Crippen molar-refractivity contribution >= 4 is 34.0 Å². The first kappa shape index (κ1) is 17.2. The van der Waals surface area contributed by atoms with Gasteiger partial charge in [0.2, 0.25) is 0 Å². The lowest BCUT2D eigenvalue weighted by Gasteiger charge is -2.17. The molecular weight excluding hydrogens is 339 g/mol. The van der Waals surface area contributed by atoms with Crippen molar-refractivity contribution in [3.63, 3.8) is 0 Å². The average Bonchev–Trinajstić information content (AvgIpc) is 2.57. The van der Waals surface area contributed by atoms with Gasteiger partial charge in [-0.25, -0.2) is 0 Å². The molecule has 0 saturated carbocycles. The van der Waals surface area contributed by atoms with E-state index in [2.05, 4.69) is 47.8 Å². The minimum Gasteiger partial charge on any atom is -0.329 e. The summed E-state index contributed by atoms with van der Waals surface area (Å²) in [5, 5.41) is 7.31. The molecule has 0 heterocycles. The van der Waals surface area contributed by atoms with Gasteiger partial charge in [0.05, 0.1) is 0 Å². The van der Waals surface area contributed by atoms with Gasteiger partial charge < -0.3 is 11.1 Å². The van der Waals surface area contributed by atoms with Gasteiger partial charge in [0, 0.05) is 29.2 Å². The van der Waals surface area contributed by atoms with Crippen LogP contribution in [0, 0.1) is 0 Å². The summed E-state index contributed by atoms with van der Waals surface area (Å²) in [5.74, 6) is 0. The first-order valence-corrected chi connectivity index (χ1v) is 8.76. The van der Waals surface area contributed by atoms with E-state index in [1.165, 1.54) is 16.3 Å². The summed E-state index contributed by atoms with van der Waals surface area (Å²) in [7, 11) is 0. The lowest BCUT2D eigenvalue weighted by atomic mass is 10.0. The van der Waals surface area contributed by atoms with E-state index in [4.69, 9.17) is 28.9 Å². The van der Waals surface area contributed by atoms with Crippen molar-refractivity contribution in [2.45, 2.75) is 19.0 Å². The van der Waals surface area contributed by atoms with Gasteiger partial charge in [-0.05, 0) is 46.5 Å². The highest BCUT2D eigenvalue weighted by atomic mass is 35.5. The zero-order valence-corrected chi connectivity index (χ0v) is 14.8. The van der Waals surface area contributed by atoms with Crippen LogP contribution in [-0.4, -0.2) is 12.6 Å². The molecule has 2 nitrogen and oxygen atoms in total. The van der Waals surface area contributed by atoms with E-state index in [0.717, 1.165) is 12.0 Å². The quantitative estimate of drug-likeness (QED) is 0.663. The number of halogens is 2. The van der Waals surface area contributed by atoms with E-state index < -0.39 is 0 Å². The Kier molecular flexibility index (Phi) is 5.75. The molecule has 3 rings (SSSR count). The third-order valence-electron chi connectivity index (χ3n) is 4.10. The Morgan fingerprint density at radius 1 is 0.833 bits per heavy atom. The summed E-state index contributed by atoms with van der Waals surface area (Å²) in [6.45, 7) is 1.26. The summed E-state index contributed by atoms with van der Waals surface area (Å²) in [6, 6.07) is 20.7. The zero-order chi connectivity index (χ0) is 16.9. The van der Waals surface area contributed by atoms with Crippen LogP contribution in [0.15, 0.2) is 60.7 Å². The number of nitrogens with one attached hydrogen (secondary N) is 1. The molecule has 0 aliphatic heterocycles.